The van der Waals surface area contributed by atoms with Gasteiger partial charge in [0.15, 0.2) is 11.2 Å². The maximum Gasteiger partial charge on any atom is 0.196 e. The van der Waals surface area contributed by atoms with Crippen LogP contribution in [0.5, 0.6) is 0 Å². The summed E-state index contributed by atoms with van der Waals surface area (Å²) in [5, 5.41) is 9.83. The summed E-state index contributed by atoms with van der Waals surface area (Å²) in [6.45, 7) is 0. The lowest BCUT2D eigenvalue weighted by Gasteiger charge is -2.22. The molecular weight excluding hydrogens is 735 g/mol. The molecule has 0 aliphatic carbocycles. The van der Waals surface area contributed by atoms with Crippen molar-refractivity contribution in [2.24, 2.45) is 0 Å². The Kier molecular flexibility index (Phi) is 8.72. The van der Waals surface area contributed by atoms with Crippen LogP contribution in [0.25, 0.3) is 104 Å². The second-order valence-corrected chi connectivity index (χ2v) is 16.7. The normalized spacial score (nSPS) is 11.7. The van der Waals surface area contributed by atoms with Crippen LogP contribution < -0.4 is 32.8 Å². The third kappa shape index (κ3) is 5.67. The van der Waals surface area contributed by atoms with Gasteiger partial charge in [0.25, 0.3) is 0 Å². The number of nitrogens with zero attached hydrogens (tertiary/aromatic N) is 1. The van der Waals surface area contributed by atoms with Crippen LogP contribution in [0.15, 0.2) is 173 Å². The highest BCUT2D eigenvalue weighted by Gasteiger charge is 2.25. The zero-order valence-electron chi connectivity index (χ0n) is 35.4. The van der Waals surface area contributed by atoms with E-state index in [0.29, 0.717) is 11.2 Å². The Bertz CT molecular complexity index is 3460. The molecule has 1 aromatic heterocycles. The Labute approximate surface area is 360 Å². The van der Waals surface area contributed by atoms with Crippen LogP contribution in [0.2, 0.25) is 0 Å². The van der Waals surface area contributed by atoms with Crippen molar-refractivity contribution in [1.29, 1.82) is 0 Å². The van der Waals surface area contributed by atoms with Gasteiger partial charge >= 0.3 is 0 Å². The molecule has 0 amide bonds. The zero-order valence-corrected chi connectivity index (χ0v) is 35.4. The first-order chi connectivity index (χ1) is 29.8. The van der Waals surface area contributed by atoms with E-state index in [4.69, 9.17) is 9.15 Å². The first-order valence-electron chi connectivity index (χ1n) is 21.2. The lowest BCUT2D eigenvalue weighted by Crippen LogP contribution is -2.38. The van der Waals surface area contributed by atoms with Crippen molar-refractivity contribution in [2.75, 3.05) is 0 Å². The first kappa shape index (κ1) is 37.1. The smallest absolute Gasteiger partial charge is 0.196 e. The topological polar surface area (TPSA) is 31.2 Å². The highest BCUT2D eigenvalue weighted by molar-refractivity contribution is 6.61. The summed E-state index contributed by atoms with van der Waals surface area (Å²) in [6, 6.07) is 59.1. The molecule has 0 aliphatic heterocycles. The van der Waals surface area contributed by atoms with Gasteiger partial charge in [0, 0.05) is 5.69 Å². The fraction of sp³-hybridized carbons (Fsp3) is 0. The molecule has 0 saturated carbocycles. The van der Waals surface area contributed by atoms with Crippen LogP contribution in [-0.2, 0) is 0 Å². The van der Waals surface area contributed by atoms with Crippen LogP contribution in [0, 0.1) is 0 Å². The van der Waals surface area contributed by atoms with Gasteiger partial charge in [-0.1, -0.05) is 161 Å². The van der Waals surface area contributed by atoms with Crippen LogP contribution in [0.1, 0.15) is 0 Å². The molecular formula is C52H39B6NO2. The van der Waals surface area contributed by atoms with Gasteiger partial charge in [-0.25, -0.2) is 0 Å². The van der Waals surface area contributed by atoms with E-state index < -0.39 is 0 Å². The van der Waals surface area contributed by atoms with Gasteiger partial charge in [-0.15, -0.1) is 0 Å². The van der Waals surface area contributed by atoms with Crippen molar-refractivity contribution < 1.29 is 9.15 Å². The van der Waals surface area contributed by atoms with E-state index in [1.807, 2.05) is 0 Å². The van der Waals surface area contributed by atoms with Crippen molar-refractivity contribution >= 4 is 145 Å². The number of benzene rings is 10. The van der Waals surface area contributed by atoms with E-state index in [1.54, 1.807) is 0 Å². The Morgan fingerprint density at radius 3 is 1.16 bits per heavy atom. The van der Waals surface area contributed by atoms with Gasteiger partial charge in [-0.2, -0.15) is 0 Å². The maximum absolute atomic E-state index is 6.83. The van der Waals surface area contributed by atoms with Crippen LogP contribution in [0.4, 0.5) is 0 Å². The second kappa shape index (κ2) is 14.3. The molecule has 0 bridgehead atoms. The molecule has 9 heteroatoms. The fourth-order valence-electron chi connectivity index (χ4n) is 10.2. The standard InChI is InChI=1S/C52H39B6NO2/c53-43-41(39-26-30-14-4-6-16-33(30)35-18-8-10-20-37(35)39)45(55)51-49(47(43)57)59(32-24-22-29(23-25-32)28-12-2-1-3-13-28)50-48(58)44(54)42(46(56)52(50)61-60-51)40-27-31-15-5-7-17-34(31)36-19-9-11-21-38(36)40/h1-27H,53-58H2. The van der Waals surface area contributed by atoms with Gasteiger partial charge in [0.05, 0.1) is 11.0 Å². The van der Waals surface area contributed by atoms with E-state index >= 15 is 0 Å². The predicted molar refractivity (Wildman–Crippen MR) is 278 cm³/mol. The second-order valence-electron chi connectivity index (χ2n) is 16.7. The minimum absolute atomic E-state index is 0.716. The van der Waals surface area contributed by atoms with E-state index in [-0.39, 0.29) is 0 Å². The van der Waals surface area contributed by atoms with E-state index in [2.05, 4.69) is 215 Å². The molecule has 0 atom stereocenters. The summed E-state index contributed by atoms with van der Waals surface area (Å²) in [5.74, 6) is 0. The summed E-state index contributed by atoms with van der Waals surface area (Å²) >= 11 is 0. The molecule has 282 valence electrons. The molecule has 0 unspecified atom stereocenters. The summed E-state index contributed by atoms with van der Waals surface area (Å²) in [6.07, 6.45) is 0. The molecule has 61 heavy (non-hydrogen) atoms. The fourth-order valence-corrected chi connectivity index (χ4v) is 10.2. The van der Waals surface area contributed by atoms with Crippen molar-refractivity contribution in [3.63, 3.8) is 0 Å². The van der Waals surface area contributed by atoms with Gasteiger partial charge < -0.3 is 4.57 Å². The largest absolute Gasteiger partial charge is 0.304 e. The number of hydrogen-bond acceptors (Lipinski definition) is 2. The van der Waals surface area contributed by atoms with Gasteiger partial charge in [0.2, 0.25) is 0 Å². The highest BCUT2D eigenvalue weighted by atomic mass is 17.0. The third-order valence-electron chi connectivity index (χ3n) is 13.4. The number of aromatic nitrogens is 1. The number of rotatable bonds is 4. The molecule has 0 saturated heterocycles. The van der Waals surface area contributed by atoms with Crippen LogP contribution in [-0.4, -0.2) is 51.6 Å². The van der Waals surface area contributed by atoms with Gasteiger partial charge in [-0.05, 0) is 112 Å². The number of fused-ring (bicyclic) bond motifs is 8. The van der Waals surface area contributed by atoms with Crippen molar-refractivity contribution in [3.8, 4) is 39.1 Å². The lowest BCUT2D eigenvalue weighted by atomic mass is 9.69. The average molecular weight is 775 g/mol. The summed E-state index contributed by atoms with van der Waals surface area (Å²) in [4.78, 5) is 0. The van der Waals surface area contributed by atoms with E-state index in [9.17, 15) is 0 Å². The van der Waals surface area contributed by atoms with Crippen molar-refractivity contribution in [3.05, 3.63) is 164 Å². The monoisotopic (exact) mass is 775 g/mol. The minimum atomic E-state index is 0.716. The molecule has 0 spiro atoms. The molecule has 1 heterocycles. The van der Waals surface area contributed by atoms with Crippen molar-refractivity contribution in [2.45, 2.75) is 0 Å². The molecule has 0 N–H and O–H groups in total. The molecule has 0 radical (unpaired) electrons. The Hall–Kier alpha value is -6.97. The van der Waals surface area contributed by atoms with E-state index in [0.717, 1.165) is 44.1 Å². The lowest BCUT2D eigenvalue weighted by molar-refractivity contribution is 0.0930. The molecule has 0 fully saturated rings. The molecule has 10 aromatic carbocycles. The number of hydrogen-bond donors (Lipinski definition) is 0. The molecule has 11 aromatic rings. The summed E-state index contributed by atoms with van der Waals surface area (Å²) < 4.78 is 16.1. The summed E-state index contributed by atoms with van der Waals surface area (Å²) in [5.41, 5.74) is 18.2. The zero-order chi connectivity index (χ0) is 41.5. The molecule has 11 rings (SSSR count). The highest BCUT2D eigenvalue weighted by Crippen LogP contribution is 2.37. The van der Waals surface area contributed by atoms with Gasteiger partial charge in [0.1, 0.15) is 47.1 Å². The minimum Gasteiger partial charge on any atom is -0.304 e. The van der Waals surface area contributed by atoms with Crippen LogP contribution in [0.3, 0.4) is 0 Å². The SMILES string of the molecule is Bc1c(-c2cc3ccccc3c3ccccc23)c(B)c2ooc3c(B)c(-c4cc5ccccc5c5ccccc45)c(B)c(B)c3n(-c3ccc(-c4ccccc4)cc3)c2c1B. The van der Waals surface area contributed by atoms with Gasteiger partial charge in [-0.3, -0.25) is 9.15 Å². The maximum atomic E-state index is 6.83. The average Bonchev–Trinajstić information content (AvgIpc) is 3.49. The summed E-state index contributed by atoms with van der Waals surface area (Å²) in [7, 11) is 13.4. The third-order valence-corrected chi connectivity index (χ3v) is 13.4. The Morgan fingerprint density at radius 1 is 0.328 bits per heavy atom. The Balaban J connectivity index is 1.28. The quantitative estimate of drug-likeness (QED) is 0.152. The Morgan fingerprint density at radius 2 is 0.705 bits per heavy atom. The molecule has 3 nitrogen and oxygen atoms in total. The molecule has 0 aliphatic rings. The van der Waals surface area contributed by atoms with Crippen LogP contribution >= 0.6 is 0 Å². The van der Waals surface area contributed by atoms with E-state index in [1.165, 1.54) is 81.8 Å². The first-order valence-corrected chi connectivity index (χ1v) is 21.2. The van der Waals surface area contributed by atoms with Crippen molar-refractivity contribution in [1.82, 2.24) is 4.57 Å². The predicted octanol–water partition coefficient (Wildman–Crippen LogP) is 4.26.